The minimum atomic E-state index is -7.55. The molecule has 0 aliphatic carbocycles. The van der Waals surface area contributed by atoms with E-state index in [9.17, 15) is 146 Å². The molecule has 0 amide bonds. The fourth-order valence-corrected chi connectivity index (χ4v) is 5.88. The molecule has 0 spiro atoms. The summed E-state index contributed by atoms with van der Waals surface area (Å²) in [6, 6.07) is -3.85. The van der Waals surface area contributed by atoms with Crippen LogP contribution in [0.3, 0.4) is 0 Å². The van der Waals surface area contributed by atoms with Gasteiger partial charge in [-0.15, -0.1) is 15.5 Å². The Hall–Kier alpha value is -2.86. The maximum absolute atomic E-state index is 14.1. The van der Waals surface area contributed by atoms with Gasteiger partial charge < -0.3 is 4.74 Å². The smallest absolute Gasteiger partial charge is 0.398 e. The molecule has 0 aromatic carbocycles. The molecular weight excluding hydrogens is 1020 g/mol. The van der Waals surface area contributed by atoms with Gasteiger partial charge in [0, 0.05) is 0 Å². The second-order valence-corrected chi connectivity index (χ2v) is 15.4. The summed E-state index contributed by atoms with van der Waals surface area (Å²) in [6.45, 7) is 0. The number of alkyl halides is 18. The number of aldehydes is 1. The molecule has 0 radical (unpaired) electrons. The predicted octanol–water partition coefficient (Wildman–Crippen LogP) is 5.67. The lowest BCUT2D eigenvalue weighted by molar-refractivity contribution is -0.510. The third-order valence-electron chi connectivity index (χ3n) is 4.86. The average Bonchev–Trinajstić information content (AvgIpc) is 2.85. The monoisotopic (exact) mass is 1020 g/mol. The highest BCUT2D eigenvalue weighted by Crippen LogP contribution is 2.53. The number of hydrogen-bond donors (Lipinski definition) is 0. The van der Waals surface area contributed by atoms with Gasteiger partial charge in [-0.05, 0) is 0 Å². The zero-order valence-electron chi connectivity index (χ0n) is 25.8. The molecule has 0 fully saturated rings. The molecule has 0 saturated carbocycles. The second kappa shape index (κ2) is 17.5. The van der Waals surface area contributed by atoms with Gasteiger partial charge in [0.1, 0.15) is 23.0 Å². The van der Waals surface area contributed by atoms with Crippen LogP contribution in [0.1, 0.15) is 0 Å². The highest BCUT2D eigenvalue weighted by atomic mass is 32.3. The number of carbonyl (C=O) groups excluding carboxylic acids is 1. The van der Waals surface area contributed by atoms with E-state index >= 15 is 0 Å². The molecule has 0 heterocycles. The van der Waals surface area contributed by atoms with Gasteiger partial charge in [0.2, 0.25) is 11.7 Å². The number of rotatable bonds is 19. The quantitative estimate of drug-likeness (QED) is 0.0667. The third-order valence-corrected chi connectivity index (χ3v) is 7.96. The van der Waals surface area contributed by atoms with Crippen LogP contribution in [0.15, 0.2) is 12.1 Å². The Bertz CT molecular complexity index is 1910. The van der Waals surface area contributed by atoms with Crippen LogP contribution >= 0.6 is 0 Å². The van der Waals surface area contributed by atoms with Crippen molar-refractivity contribution in [1.29, 1.82) is 0 Å². The normalized spacial score (nSPS) is 17.7. The maximum Gasteiger partial charge on any atom is 0.471 e. The molecular formula is C17H9F25O13S4. The van der Waals surface area contributed by atoms with Crippen molar-refractivity contribution in [3.63, 3.8) is 0 Å². The molecule has 0 aliphatic heterocycles. The summed E-state index contributed by atoms with van der Waals surface area (Å²) in [5.41, 5.74) is 0. The summed E-state index contributed by atoms with van der Waals surface area (Å²) in [4.78, 5) is 10.1. The van der Waals surface area contributed by atoms with Crippen molar-refractivity contribution >= 4 is 47.2 Å². The van der Waals surface area contributed by atoms with Gasteiger partial charge in [-0.1, -0.05) is 0 Å². The summed E-state index contributed by atoms with van der Waals surface area (Å²) in [5.74, 6) is -45.8. The van der Waals surface area contributed by atoms with Gasteiger partial charge in [-0.3, -0.25) is 19.0 Å². The molecule has 13 nitrogen and oxygen atoms in total. The van der Waals surface area contributed by atoms with E-state index in [-0.39, 0.29) is 0 Å². The highest BCUT2D eigenvalue weighted by Gasteiger charge is 2.81. The summed E-state index contributed by atoms with van der Waals surface area (Å²) >= 11 is 0. The standard InChI is InChI=1S/C9H5F13O7S2.C8H4F12O6S2/c10-4(2-30(21,24)25,3-31(22,26)27)28-6(12,8(16,17)18)9(19,20)29-5(11,1-23)7(13,14)15;9-3(10)4(11)25-8(17,18)6(13,7(14,15)16)26-5(12,1-27(19,21)22)2-28(20,23)24/h1H,2-3H2;1-2H2. The Kier molecular flexibility index (Phi) is 17.3. The molecule has 3 unspecified atom stereocenters. The molecule has 0 bridgehead atoms. The Morgan fingerprint density at radius 2 is 0.678 bits per heavy atom. The predicted molar refractivity (Wildman–Crippen MR) is 128 cm³/mol. The van der Waals surface area contributed by atoms with E-state index in [1.54, 1.807) is 0 Å². The molecule has 59 heavy (non-hydrogen) atoms. The van der Waals surface area contributed by atoms with Crippen molar-refractivity contribution in [3.05, 3.63) is 12.1 Å². The SMILES string of the molecule is O=CC(F)(OC(F)(F)C(F)(OC(F)(CS(=O)(=O)F)CS(=O)(=O)F)C(F)(F)F)C(F)(F)F.O=S(=O)(F)CC(F)(CS(=O)(=O)F)OC(F)(C(F)(F)F)C(F)(F)OC(F)=C(F)F. The zero-order valence-corrected chi connectivity index (χ0v) is 29.1. The van der Waals surface area contributed by atoms with Gasteiger partial charge >= 0.3 is 101 Å². The zero-order chi connectivity index (χ0) is 48.5. The van der Waals surface area contributed by atoms with Crippen molar-refractivity contribution in [2.45, 2.75) is 60.0 Å². The van der Waals surface area contributed by atoms with Gasteiger partial charge in [0.25, 0.3) is 0 Å². The minimum absolute atomic E-state index is 1.87. The second-order valence-electron chi connectivity index (χ2n) is 9.92. The van der Waals surface area contributed by atoms with E-state index in [1.165, 1.54) is 0 Å². The molecule has 0 aromatic heterocycles. The molecule has 3 atom stereocenters. The van der Waals surface area contributed by atoms with Gasteiger partial charge in [0.15, 0.2) is 6.29 Å². The number of ether oxygens (including phenoxy) is 4. The van der Waals surface area contributed by atoms with Crippen LogP contribution in [-0.2, 0) is 64.6 Å². The molecule has 0 saturated heterocycles. The first-order chi connectivity index (χ1) is 25.1. The van der Waals surface area contributed by atoms with Crippen molar-refractivity contribution in [3.8, 4) is 0 Å². The lowest BCUT2D eigenvalue weighted by Crippen LogP contribution is -2.66. The van der Waals surface area contributed by atoms with Gasteiger partial charge in [-0.2, -0.15) is 117 Å². The van der Waals surface area contributed by atoms with E-state index in [1.807, 2.05) is 4.74 Å². The topological polar surface area (TPSA) is 191 Å². The van der Waals surface area contributed by atoms with Crippen molar-refractivity contribution in [2.24, 2.45) is 0 Å². The Morgan fingerprint density at radius 3 is 0.864 bits per heavy atom. The third kappa shape index (κ3) is 16.8. The summed E-state index contributed by atoms with van der Waals surface area (Å²) < 4.78 is 413. The van der Waals surface area contributed by atoms with E-state index in [0.717, 1.165) is 0 Å². The number of hydrogen-bond acceptors (Lipinski definition) is 13. The summed E-state index contributed by atoms with van der Waals surface area (Å²) in [5, 5.41) is 0. The fraction of sp³-hybridized carbons (Fsp3) is 0.824. The number of halogens is 25. The van der Waals surface area contributed by atoms with Crippen LogP contribution < -0.4 is 0 Å². The lowest BCUT2D eigenvalue weighted by atomic mass is 10.2. The first-order valence-electron chi connectivity index (χ1n) is 12.1. The van der Waals surface area contributed by atoms with Crippen LogP contribution in [0.2, 0.25) is 0 Å². The molecule has 42 heteroatoms. The summed E-state index contributed by atoms with van der Waals surface area (Å²) in [7, 11) is -26.3. The van der Waals surface area contributed by atoms with Crippen LogP contribution in [0, 0.1) is 0 Å². The van der Waals surface area contributed by atoms with E-state index in [2.05, 4.69) is 14.2 Å². The molecule has 354 valence electrons. The first kappa shape index (κ1) is 58.2. The van der Waals surface area contributed by atoms with E-state index in [4.69, 9.17) is 0 Å². The minimum Gasteiger partial charge on any atom is -0.398 e. The lowest BCUT2D eigenvalue weighted by Gasteiger charge is -2.39. The largest absolute Gasteiger partial charge is 0.471 e. The number of carbonyl (C=O) groups is 1. The van der Waals surface area contributed by atoms with E-state index < -0.39 is 142 Å². The molecule has 0 N–H and O–H groups in total. The first-order valence-corrected chi connectivity index (χ1v) is 18.4. The van der Waals surface area contributed by atoms with Crippen LogP contribution in [-0.4, -0.2) is 123 Å². The average molecular weight is 1020 g/mol. The molecule has 0 rings (SSSR count). The van der Waals surface area contributed by atoms with Crippen LogP contribution in [0.4, 0.5) is 108 Å². The van der Waals surface area contributed by atoms with Crippen molar-refractivity contribution < 1.29 is 165 Å². The van der Waals surface area contributed by atoms with Crippen molar-refractivity contribution in [1.82, 2.24) is 0 Å². The Balaban J connectivity index is 0. The van der Waals surface area contributed by atoms with Crippen LogP contribution in [0.5, 0.6) is 0 Å². The summed E-state index contributed by atoms with van der Waals surface area (Å²) in [6.07, 6.45) is -42.4. The highest BCUT2D eigenvalue weighted by molar-refractivity contribution is 7.87. The van der Waals surface area contributed by atoms with Gasteiger partial charge in [0.05, 0.1) is 0 Å². The fourth-order valence-electron chi connectivity index (χ4n) is 2.92. The Morgan fingerprint density at radius 1 is 0.424 bits per heavy atom. The van der Waals surface area contributed by atoms with Crippen LogP contribution in [0.25, 0.3) is 0 Å². The van der Waals surface area contributed by atoms with Gasteiger partial charge in [-0.25, -0.2) is 8.78 Å². The van der Waals surface area contributed by atoms with Crippen molar-refractivity contribution in [2.75, 3.05) is 23.0 Å². The Labute approximate surface area is 307 Å². The molecule has 0 aromatic rings. The maximum atomic E-state index is 14.1. The van der Waals surface area contributed by atoms with E-state index in [0.29, 0.717) is 0 Å². The molecule has 0 aliphatic rings.